The van der Waals surface area contributed by atoms with E-state index < -0.39 is 0 Å². The molecule has 0 amide bonds. The van der Waals surface area contributed by atoms with E-state index in [2.05, 4.69) is 28.2 Å². The van der Waals surface area contributed by atoms with Crippen molar-refractivity contribution in [2.24, 2.45) is 0 Å². The molecule has 0 radical (unpaired) electrons. The van der Waals surface area contributed by atoms with Crippen molar-refractivity contribution < 1.29 is 5.11 Å². The minimum absolute atomic E-state index is 0.312. The first-order chi connectivity index (χ1) is 9.22. The maximum Gasteiger partial charge on any atom is 0.115 e. The molecule has 2 aliphatic rings. The fourth-order valence-electron chi connectivity index (χ4n) is 2.88. The zero-order valence-electron chi connectivity index (χ0n) is 11.4. The minimum Gasteiger partial charge on any atom is -0.508 e. The van der Waals surface area contributed by atoms with Gasteiger partial charge in [0, 0.05) is 26.3 Å². The molecule has 1 fully saturated rings. The Morgan fingerprint density at radius 3 is 2.47 bits per heavy atom. The molecule has 0 saturated carbocycles. The second-order valence-electron chi connectivity index (χ2n) is 5.45. The van der Waals surface area contributed by atoms with Crippen LogP contribution in [0.25, 0.3) is 0 Å². The Labute approximate surface area is 114 Å². The number of phenols is 1. The van der Waals surface area contributed by atoms with Crippen LogP contribution in [0.15, 0.2) is 36.0 Å². The van der Waals surface area contributed by atoms with Crippen molar-refractivity contribution in [1.82, 2.24) is 9.91 Å². The molecule has 0 bridgehead atoms. The molecule has 0 unspecified atom stereocenters. The van der Waals surface area contributed by atoms with Crippen LogP contribution in [0.3, 0.4) is 0 Å². The number of likely N-dealkylation sites (N-methyl/N-ethyl adjacent to an activating group) is 1. The van der Waals surface area contributed by atoms with Gasteiger partial charge in [-0.2, -0.15) is 0 Å². The van der Waals surface area contributed by atoms with Gasteiger partial charge in [-0.25, -0.2) is 5.01 Å². The molecule has 3 rings (SSSR count). The summed E-state index contributed by atoms with van der Waals surface area (Å²) in [6.45, 7) is 4.54. The summed E-state index contributed by atoms with van der Waals surface area (Å²) in [5.41, 5.74) is 2.55. The normalized spacial score (nSPS) is 21.1. The Morgan fingerprint density at radius 1 is 1.11 bits per heavy atom. The molecule has 1 N–H and O–H groups in total. The third-order valence-corrected chi connectivity index (χ3v) is 3.84. The molecule has 1 aromatic carbocycles. The van der Waals surface area contributed by atoms with E-state index in [1.54, 1.807) is 12.1 Å². The smallest absolute Gasteiger partial charge is 0.115 e. The van der Waals surface area contributed by atoms with Crippen LogP contribution in [0.2, 0.25) is 0 Å². The monoisotopic (exact) mass is 259 g/mol. The van der Waals surface area contributed by atoms with Gasteiger partial charge in [0.2, 0.25) is 0 Å². The fourth-order valence-corrected chi connectivity index (χ4v) is 2.88. The molecule has 1 aromatic rings. The van der Waals surface area contributed by atoms with Gasteiger partial charge in [-0.15, -0.1) is 0 Å². The van der Waals surface area contributed by atoms with Gasteiger partial charge in [0.1, 0.15) is 5.75 Å². The molecule has 19 heavy (non-hydrogen) atoms. The van der Waals surface area contributed by atoms with Crippen LogP contribution in [-0.4, -0.2) is 48.2 Å². The van der Waals surface area contributed by atoms with E-state index in [-0.39, 0.29) is 0 Å². The van der Waals surface area contributed by atoms with Gasteiger partial charge < -0.3 is 5.11 Å². The summed E-state index contributed by atoms with van der Waals surface area (Å²) in [4.78, 5) is 2.53. The zero-order valence-corrected chi connectivity index (χ0v) is 11.4. The second-order valence-corrected chi connectivity index (χ2v) is 5.45. The molecule has 2 aliphatic heterocycles. The van der Waals surface area contributed by atoms with Gasteiger partial charge in [-0.3, -0.25) is 9.91 Å². The number of nitrogens with zero attached hydrogens (tertiary/aromatic N) is 3. The lowest BCUT2D eigenvalue weighted by Gasteiger charge is -2.25. The van der Waals surface area contributed by atoms with Crippen molar-refractivity contribution >= 4 is 5.69 Å². The van der Waals surface area contributed by atoms with Gasteiger partial charge in [0.05, 0.1) is 5.69 Å². The highest BCUT2D eigenvalue weighted by atomic mass is 16.3. The number of hydrogen-bond donors (Lipinski definition) is 1. The minimum atomic E-state index is 0.312. The average molecular weight is 259 g/mol. The van der Waals surface area contributed by atoms with Crippen LogP contribution >= 0.6 is 0 Å². The lowest BCUT2D eigenvalue weighted by Crippen LogP contribution is -2.31. The highest BCUT2D eigenvalue weighted by Crippen LogP contribution is 2.25. The lowest BCUT2D eigenvalue weighted by atomic mass is 10.2. The van der Waals surface area contributed by atoms with Crippen LogP contribution in [0.1, 0.15) is 12.8 Å². The summed E-state index contributed by atoms with van der Waals surface area (Å²) in [6.07, 6.45) is 4.90. The number of likely N-dealkylation sites (tertiary alicyclic amines) is 1. The largest absolute Gasteiger partial charge is 0.508 e. The Bertz CT molecular complexity index is 463. The molecule has 0 aromatic heterocycles. The Balaban J connectivity index is 1.71. The number of anilines is 1. The molecule has 102 valence electrons. The topological polar surface area (TPSA) is 30.0 Å². The standard InChI is InChI=1S/C15H21N3O/c1-16-10-13(11-17-8-2-3-9-17)12-18(16)14-4-6-15(19)7-5-14/h4-7,12,19H,2-3,8-11H2,1H3. The van der Waals surface area contributed by atoms with Gasteiger partial charge in [0.25, 0.3) is 0 Å². The Morgan fingerprint density at radius 2 is 1.79 bits per heavy atom. The van der Waals surface area contributed by atoms with E-state index in [0.29, 0.717) is 5.75 Å². The van der Waals surface area contributed by atoms with E-state index in [9.17, 15) is 5.11 Å². The van der Waals surface area contributed by atoms with Crippen LogP contribution in [0.5, 0.6) is 5.75 Å². The quantitative estimate of drug-likeness (QED) is 0.899. The van der Waals surface area contributed by atoms with E-state index in [0.717, 1.165) is 18.8 Å². The predicted molar refractivity (Wildman–Crippen MR) is 77.0 cm³/mol. The van der Waals surface area contributed by atoms with Crippen molar-refractivity contribution in [2.45, 2.75) is 12.8 Å². The summed E-state index contributed by atoms with van der Waals surface area (Å²) in [7, 11) is 2.10. The maximum atomic E-state index is 9.35. The zero-order chi connectivity index (χ0) is 13.2. The molecular formula is C15H21N3O. The van der Waals surface area contributed by atoms with Crippen LogP contribution in [-0.2, 0) is 0 Å². The molecule has 0 aliphatic carbocycles. The Kier molecular flexibility index (Phi) is 3.44. The number of aromatic hydroxyl groups is 1. The van der Waals surface area contributed by atoms with Crippen molar-refractivity contribution in [3.63, 3.8) is 0 Å². The number of phenolic OH excluding ortho intramolecular Hbond substituents is 1. The van der Waals surface area contributed by atoms with E-state index in [4.69, 9.17) is 0 Å². The van der Waals surface area contributed by atoms with Crippen LogP contribution < -0.4 is 5.01 Å². The summed E-state index contributed by atoms with van der Waals surface area (Å²) in [5, 5.41) is 13.7. The third kappa shape index (κ3) is 2.74. The summed E-state index contributed by atoms with van der Waals surface area (Å²) >= 11 is 0. The first-order valence-electron chi connectivity index (χ1n) is 6.93. The molecule has 4 heteroatoms. The molecule has 0 spiro atoms. The number of benzene rings is 1. The number of hydrogen-bond acceptors (Lipinski definition) is 4. The van der Waals surface area contributed by atoms with Crippen molar-refractivity contribution in [3.05, 3.63) is 36.0 Å². The molecular weight excluding hydrogens is 238 g/mol. The van der Waals surface area contributed by atoms with Gasteiger partial charge in [-0.05, 0) is 55.8 Å². The highest BCUT2D eigenvalue weighted by molar-refractivity contribution is 5.52. The lowest BCUT2D eigenvalue weighted by molar-refractivity contribution is 0.347. The molecule has 1 saturated heterocycles. The summed E-state index contributed by atoms with van der Waals surface area (Å²) < 4.78 is 0. The summed E-state index contributed by atoms with van der Waals surface area (Å²) in [6, 6.07) is 7.35. The molecule has 2 heterocycles. The SMILES string of the molecule is CN1CC(CN2CCCC2)=CN1c1ccc(O)cc1. The van der Waals surface area contributed by atoms with E-state index in [1.807, 2.05) is 12.1 Å². The highest BCUT2D eigenvalue weighted by Gasteiger charge is 2.22. The maximum absolute atomic E-state index is 9.35. The van der Waals surface area contributed by atoms with Crippen LogP contribution in [0, 0.1) is 0 Å². The predicted octanol–water partition coefficient (Wildman–Crippen LogP) is 2.04. The Hall–Kier alpha value is -1.52. The number of rotatable bonds is 3. The van der Waals surface area contributed by atoms with Crippen molar-refractivity contribution in [1.29, 1.82) is 0 Å². The van der Waals surface area contributed by atoms with Gasteiger partial charge in [0.15, 0.2) is 0 Å². The van der Waals surface area contributed by atoms with Crippen molar-refractivity contribution in [3.8, 4) is 5.75 Å². The van der Waals surface area contributed by atoms with E-state index in [1.165, 1.54) is 31.5 Å². The van der Waals surface area contributed by atoms with Crippen molar-refractivity contribution in [2.75, 3.05) is 38.2 Å². The van der Waals surface area contributed by atoms with E-state index >= 15 is 0 Å². The first kappa shape index (κ1) is 12.5. The second kappa shape index (κ2) is 5.23. The fraction of sp³-hybridized carbons (Fsp3) is 0.467. The average Bonchev–Trinajstić information content (AvgIpc) is 3.01. The first-order valence-corrected chi connectivity index (χ1v) is 6.93. The molecule has 0 atom stereocenters. The number of hydrazine groups is 1. The third-order valence-electron chi connectivity index (χ3n) is 3.84. The molecule has 4 nitrogen and oxygen atoms in total. The van der Waals surface area contributed by atoms with Crippen LogP contribution in [0.4, 0.5) is 5.69 Å². The van der Waals surface area contributed by atoms with Gasteiger partial charge in [-0.1, -0.05) is 0 Å². The summed E-state index contributed by atoms with van der Waals surface area (Å²) in [5.74, 6) is 0.312. The van der Waals surface area contributed by atoms with Gasteiger partial charge >= 0.3 is 0 Å².